The third-order valence-corrected chi connectivity index (χ3v) is 12.5. The fourth-order valence-corrected chi connectivity index (χ4v) is 5.80. The van der Waals surface area contributed by atoms with E-state index in [0.717, 1.165) is 46.5 Å². The van der Waals surface area contributed by atoms with Crippen molar-refractivity contribution >= 4 is 25.4 Å². The number of aryl methyl sites for hydroxylation is 2. The molecule has 2 N–H and O–H groups in total. The van der Waals surface area contributed by atoms with Gasteiger partial charge in [0.15, 0.2) is 20.2 Å². The van der Waals surface area contributed by atoms with Crippen LogP contribution in [0.15, 0.2) is 22.7 Å². The number of hydrogen-bond acceptors (Lipinski definition) is 7. The van der Waals surface area contributed by atoms with Gasteiger partial charge in [-0.1, -0.05) is 32.0 Å². The molecule has 0 bridgehead atoms. The number of ether oxygens (including phenoxy) is 2. The molecule has 37 heavy (non-hydrogen) atoms. The predicted molar refractivity (Wildman–Crippen MR) is 145 cm³/mol. The van der Waals surface area contributed by atoms with Gasteiger partial charge in [0, 0.05) is 31.7 Å². The molecule has 0 spiro atoms. The monoisotopic (exact) mass is 528 g/mol. The normalized spacial score (nSPS) is 19.1. The highest BCUT2D eigenvalue weighted by molar-refractivity contribution is 6.74. The van der Waals surface area contributed by atoms with E-state index in [4.69, 9.17) is 29.1 Å². The van der Waals surface area contributed by atoms with Crippen molar-refractivity contribution in [2.24, 2.45) is 5.73 Å². The summed E-state index contributed by atoms with van der Waals surface area (Å²) in [6.45, 7) is 15.3. The van der Waals surface area contributed by atoms with Crippen molar-refractivity contribution in [3.05, 3.63) is 35.5 Å². The van der Waals surface area contributed by atoms with Gasteiger partial charge >= 0.3 is 6.09 Å². The number of nitrogens with zero attached hydrogens (tertiary/aromatic N) is 3. The topological polar surface area (TPSA) is 115 Å². The molecule has 1 aliphatic carbocycles. The molecule has 4 rings (SSSR count). The lowest BCUT2D eigenvalue weighted by Crippen LogP contribution is -2.41. The Kier molecular flexibility index (Phi) is 7.56. The summed E-state index contributed by atoms with van der Waals surface area (Å²) < 4.78 is 25.2. The molecule has 3 aromatic rings. The van der Waals surface area contributed by atoms with Crippen molar-refractivity contribution in [1.82, 2.24) is 14.7 Å². The first-order valence-corrected chi connectivity index (χ1v) is 15.8. The number of hydrogen-bond donors (Lipinski definition) is 1. The van der Waals surface area contributed by atoms with Crippen LogP contribution >= 0.6 is 0 Å². The lowest BCUT2D eigenvalue weighted by atomic mass is 9.88. The second kappa shape index (κ2) is 10.2. The molecule has 1 amide bonds. The van der Waals surface area contributed by atoms with Crippen LogP contribution in [-0.4, -0.2) is 48.9 Å². The Balaban J connectivity index is 1.73. The molecule has 1 aliphatic rings. The first-order chi connectivity index (χ1) is 17.3. The van der Waals surface area contributed by atoms with Crippen LogP contribution in [0.2, 0.25) is 18.1 Å². The van der Waals surface area contributed by atoms with Gasteiger partial charge in [0.25, 0.3) is 0 Å². The molecule has 1 aromatic carbocycles. The van der Waals surface area contributed by atoms with Crippen molar-refractivity contribution in [2.75, 3.05) is 13.7 Å². The quantitative estimate of drug-likeness (QED) is 0.328. The van der Waals surface area contributed by atoms with Crippen LogP contribution in [0.4, 0.5) is 4.79 Å². The van der Waals surface area contributed by atoms with Crippen molar-refractivity contribution < 1.29 is 23.2 Å². The summed E-state index contributed by atoms with van der Waals surface area (Å²) >= 11 is 0. The number of methoxy groups -OCH3 is 1. The predicted octanol–water partition coefficient (Wildman–Crippen LogP) is 6.21. The molecule has 1 atom stereocenters. The third kappa shape index (κ3) is 5.46. The highest BCUT2D eigenvalue weighted by atomic mass is 28.4. The van der Waals surface area contributed by atoms with E-state index in [9.17, 15) is 4.79 Å². The summed E-state index contributed by atoms with van der Waals surface area (Å²) in [5.41, 5.74) is 10.1. The van der Waals surface area contributed by atoms with E-state index in [-0.39, 0.29) is 17.2 Å². The molecular weight excluding hydrogens is 488 g/mol. The number of imidazole rings is 1. The van der Waals surface area contributed by atoms with Crippen molar-refractivity contribution in [1.29, 1.82) is 0 Å². The number of primary amides is 1. The van der Waals surface area contributed by atoms with Crippen LogP contribution < -0.4 is 5.73 Å². The fraction of sp³-hybridized carbons (Fsp3) is 0.593. The van der Waals surface area contributed by atoms with Gasteiger partial charge in [-0.25, -0.2) is 9.78 Å². The highest BCUT2D eigenvalue weighted by Crippen LogP contribution is 2.41. The van der Waals surface area contributed by atoms with Gasteiger partial charge in [-0.15, -0.1) is 0 Å². The number of nitrogens with two attached hydrogens (primary N) is 1. The Morgan fingerprint density at radius 1 is 1.27 bits per heavy atom. The van der Waals surface area contributed by atoms with Crippen LogP contribution in [0.5, 0.6) is 0 Å². The molecular formula is C27H40N4O5Si. The number of fused-ring (bicyclic) bond motifs is 1. The lowest BCUT2D eigenvalue weighted by molar-refractivity contribution is 0.00315. The first kappa shape index (κ1) is 27.3. The van der Waals surface area contributed by atoms with E-state index < -0.39 is 20.5 Å². The summed E-state index contributed by atoms with van der Waals surface area (Å²) in [7, 11) is -0.232. The molecule has 2 aromatic heterocycles. The summed E-state index contributed by atoms with van der Waals surface area (Å²) in [6.07, 6.45) is 0.953. The zero-order chi connectivity index (χ0) is 27.1. The maximum absolute atomic E-state index is 12.0. The van der Waals surface area contributed by atoms with Gasteiger partial charge < -0.3 is 28.7 Å². The third-order valence-electron chi connectivity index (χ3n) is 8.00. The Labute approximate surface area is 219 Å². The average Bonchev–Trinajstić information content (AvgIpc) is 3.30. The summed E-state index contributed by atoms with van der Waals surface area (Å²) in [5.74, 6) is 1.44. The van der Waals surface area contributed by atoms with Crippen molar-refractivity contribution in [2.45, 2.75) is 90.3 Å². The zero-order valence-electron chi connectivity index (χ0n) is 23.3. The van der Waals surface area contributed by atoms with E-state index >= 15 is 0 Å². The number of aromatic nitrogens is 3. The second-order valence-electron chi connectivity index (χ2n) is 11.5. The maximum Gasteiger partial charge on any atom is 0.405 e. The van der Waals surface area contributed by atoms with Crippen LogP contribution in [0.3, 0.4) is 0 Å². The van der Waals surface area contributed by atoms with Gasteiger partial charge in [0.05, 0.1) is 22.8 Å². The number of amides is 1. The molecule has 2 heterocycles. The van der Waals surface area contributed by atoms with E-state index in [2.05, 4.69) is 55.7 Å². The van der Waals surface area contributed by atoms with E-state index in [1.165, 1.54) is 0 Å². The van der Waals surface area contributed by atoms with E-state index in [0.29, 0.717) is 18.9 Å². The van der Waals surface area contributed by atoms with E-state index in [1.54, 1.807) is 7.11 Å². The largest absolute Gasteiger partial charge is 0.438 e. The molecule has 0 saturated heterocycles. The van der Waals surface area contributed by atoms with Crippen LogP contribution in [0.1, 0.15) is 69.5 Å². The average molecular weight is 529 g/mol. The summed E-state index contributed by atoms with van der Waals surface area (Å²) in [5, 5.41) is 4.18. The fourth-order valence-electron chi connectivity index (χ4n) is 4.74. The maximum atomic E-state index is 12.0. The Morgan fingerprint density at radius 3 is 2.54 bits per heavy atom. The smallest absolute Gasteiger partial charge is 0.405 e. The minimum Gasteiger partial charge on any atom is -0.438 e. The van der Waals surface area contributed by atoms with Gasteiger partial charge in [-0.05, 0) is 62.5 Å². The molecule has 9 nitrogen and oxygen atoms in total. The summed E-state index contributed by atoms with van der Waals surface area (Å²) in [4.78, 5) is 17.0. The number of benzene rings is 1. The molecule has 0 aliphatic heterocycles. The first-order valence-electron chi connectivity index (χ1n) is 12.9. The van der Waals surface area contributed by atoms with Crippen LogP contribution in [-0.2, 0) is 13.9 Å². The Bertz CT molecular complexity index is 1250. The molecule has 1 fully saturated rings. The molecule has 1 saturated carbocycles. The van der Waals surface area contributed by atoms with Gasteiger partial charge in [-0.2, -0.15) is 0 Å². The number of carbonyl (C=O) groups excluding carboxylic acids is 1. The minimum absolute atomic E-state index is 0.0793. The van der Waals surface area contributed by atoms with Gasteiger partial charge in [-0.3, -0.25) is 0 Å². The van der Waals surface area contributed by atoms with Gasteiger partial charge in [0.2, 0.25) is 0 Å². The second-order valence-corrected chi connectivity index (χ2v) is 16.4. The highest BCUT2D eigenvalue weighted by Gasteiger charge is 2.38. The number of rotatable bonds is 9. The molecule has 1 unspecified atom stereocenters. The minimum atomic E-state index is -1.97. The lowest BCUT2D eigenvalue weighted by Gasteiger charge is -2.37. The van der Waals surface area contributed by atoms with Crippen LogP contribution in [0, 0.1) is 13.8 Å². The Hall–Kier alpha value is -2.69. The summed E-state index contributed by atoms with van der Waals surface area (Å²) in [6, 6.07) is 6.37. The van der Waals surface area contributed by atoms with Crippen molar-refractivity contribution in [3.63, 3.8) is 0 Å². The van der Waals surface area contributed by atoms with Gasteiger partial charge in [0.1, 0.15) is 5.76 Å². The zero-order valence-corrected chi connectivity index (χ0v) is 24.3. The molecule has 10 heteroatoms. The van der Waals surface area contributed by atoms with E-state index in [1.807, 2.05) is 19.9 Å². The molecule has 202 valence electrons. The Morgan fingerprint density at radius 2 is 1.97 bits per heavy atom. The molecule has 0 radical (unpaired) electrons. The standard InChI is InChI=1S/C27H40N4O5Si/c1-16-24(17(2)36-30-16)18-9-10-22-21(13-18)29-25(31(22)19-14-20(15-19)33-6)23(35-26(28)32)11-12-34-37(7,8)27(3,4)5/h9-10,13,19-20,23H,11-12,14-15H2,1-8H3,(H2,28,32). The van der Waals surface area contributed by atoms with Crippen LogP contribution in [0.25, 0.3) is 22.2 Å². The van der Waals surface area contributed by atoms with Crippen molar-refractivity contribution in [3.8, 4) is 11.1 Å². The number of carbonyl (C=O) groups is 1. The SMILES string of the molecule is COC1CC(n2c(C(CCO[Si](C)(C)C(C)(C)C)OC(N)=O)nc3cc(-c4c(C)noc4C)ccc32)C1.